The molecule has 1 aromatic rings. The van der Waals surface area contributed by atoms with Crippen LogP contribution >= 0.6 is 12.2 Å². The van der Waals surface area contributed by atoms with E-state index in [1.807, 2.05) is 0 Å². The molecule has 1 heterocycles. The lowest BCUT2D eigenvalue weighted by Gasteiger charge is -2.27. The van der Waals surface area contributed by atoms with E-state index in [0.29, 0.717) is 29.4 Å². The summed E-state index contributed by atoms with van der Waals surface area (Å²) in [5.74, 6) is 0.327. The van der Waals surface area contributed by atoms with E-state index in [-0.39, 0.29) is 10.7 Å². The first-order chi connectivity index (χ1) is 11.5. The number of hydrogen-bond acceptors (Lipinski definition) is 6. The number of amides is 2. The van der Waals surface area contributed by atoms with E-state index in [9.17, 15) is 9.59 Å². The zero-order valence-corrected chi connectivity index (χ0v) is 14.7. The first-order valence-corrected chi connectivity index (χ1v) is 7.56. The molecule has 0 spiro atoms. The Kier molecular flexibility index (Phi) is 5.40. The Bertz CT molecular complexity index is 704. The van der Waals surface area contributed by atoms with E-state index < -0.39 is 11.8 Å². The Morgan fingerprint density at radius 3 is 2.17 bits per heavy atom. The van der Waals surface area contributed by atoms with Crippen LogP contribution in [0.4, 0.5) is 0 Å². The summed E-state index contributed by atoms with van der Waals surface area (Å²) in [4.78, 5) is 26.0. The quantitative estimate of drug-likeness (QED) is 0.491. The van der Waals surface area contributed by atoms with Crippen molar-refractivity contribution in [1.82, 2.24) is 10.2 Å². The van der Waals surface area contributed by atoms with Crippen molar-refractivity contribution in [3.63, 3.8) is 0 Å². The maximum absolute atomic E-state index is 12.5. The van der Waals surface area contributed by atoms with Crippen molar-refractivity contribution in [2.75, 3.05) is 27.9 Å². The molecule has 0 aliphatic carbocycles. The lowest BCUT2D eigenvalue weighted by molar-refractivity contribution is -0.128. The summed E-state index contributed by atoms with van der Waals surface area (Å²) in [5.41, 5.74) is 0.412. The van der Waals surface area contributed by atoms with Gasteiger partial charge >= 0.3 is 0 Å². The van der Waals surface area contributed by atoms with Gasteiger partial charge in [-0.25, -0.2) is 0 Å². The van der Waals surface area contributed by atoms with Crippen molar-refractivity contribution < 1.29 is 23.8 Å². The predicted molar refractivity (Wildman–Crippen MR) is 92.2 cm³/mol. The van der Waals surface area contributed by atoms with Gasteiger partial charge in [0.15, 0.2) is 5.11 Å². The number of carbonyl (C=O) groups excluding carboxylic acids is 2. The van der Waals surface area contributed by atoms with Gasteiger partial charge in [0.2, 0.25) is 0 Å². The second-order valence-electron chi connectivity index (χ2n) is 4.81. The van der Waals surface area contributed by atoms with Crippen LogP contribution in [-0.2, 0) is 9.59 Å². The minimum Gasteiger partial charge on any atom is -0.496 e. The molecule has 0 atom stereocenters. The SMILES string of the molecule is CCN1C(=O)/C(=C\c2c(OC)cc(OC)cc2OC)C(=O)NC1=S. The van der Waals surface area contributed by atoms with E-state index >= 15 is 0 Å². The van der Waals surface area contributed by atoms with Crippen LogP contribution in [0.5, 0.6) is 17.2 Å². The van der Waals surface area contributed by atoms with Crippen LogP contribution in [0.25, 0.3) is 6.08 Å². The minimum absolute atomic E-state index is 0.0489. The molecule has 1 aromatic carbocycles. The standard InChI is InChI=1S/C16H18N2O5S/c1-5-18-15(20)11(14(19)17-16(18)24)8-10-12(22-3)6-9(21-2)7-13(10)23-4/h6-8H,5H2,1-4H3,(H,17,19,24)/b11-8-. The topological polar surface area (TPSA) is 77.1 Å². The van der Waals surface area contributed by atoms with Crippen molar-refractivity contribution in [3.05, 3.63) is 23.3 Å². The highest BCUT2D eigenvalue weighted by molar-refractivity contribution is 7.80. The Morgan fingerprint density at radius 1 is 1.12 bits per heavy atom. The van der Waals surface area contributed by atoms with Gasteiger partial charge in [-0.05, 0) is 25.2 Å². The maximum Gasteiger partial charge on any atom is 0.265 e. The van der Waals surface area contributed by atoms with Crippen molar-refractivity contribution >= 4 is 35.2 Å². The molecule has 0 saturated carbocycles. The van der Waals surface area contributed by atoms with E-state index in [0.717, 1.165) is 0 Å². The van der Waals surface area contributed by atoms with Crippen LogP contribution in [0.2, 0.25) is 0 Å². The van der Waals surface area contributed by atoms with E-state index in [1.54, 1.807) is 19.1 Å². The zero-order valence-electron chi connectivity index (χ0n) is 13.8. The van der Waals surface area contributed by atoms with Crippen LogP contribution in [-0.4, -0.2) is 49.7 Å². The fourth-order valence-corrected chi connectivity index (χ4v) is 2.61. The number of rotatable bonds is 5. The Labute approximate surface area is 145 Å². The van der Waals surface area contributed by atoms with Gasteiger partial charge in [0.25, 0.3) is 11.8 Å². The average molecular weight is 350 g/mol. The van der Waals surface area contributed by atoms with Crippen LogP contribution in [0.1, 0.15) is 12.5 Å². The fraction of sp³-hybridized carbons (Fsp3) is 0.312. The third-order valence-electron chi connectivity index (χ3n) is 3.54. The number of thiocarbonyl (C=S) groups is 1. The first kappa shape index (κ1) is 17.7. The molecule has 0 radical (unpaired) electrons. The highest BCUT2D eigenvalue weighted by Gasteiger charge is 2.33. The fourth-order valence-electron chi connectivity index (χ4n) is 2.30. The second kappa shape index (κ2) is 7.31. The Balaban J connectivity index is 2.59. The molecule has 2 rings (SSSR count). The van der Waals surface area contributed by atoms with Gasteiger partial charge in [0.1, 0.15) is 22.8 Å². The van der Waals surface area contributed by atoms with Gasteiger partial charge in [0.05, 0.1) is 26.9 Å². The molecule has 1 aliphatic heterocycles. The molecular weight excluding hydrogens is 332 g/mol. The number of benzene rings is 1. The number of likely N-dealkylation sites (N-methyl/N-ethyl adjacent to an activating group) is 1. The zero-order chi connectivity index (χ0) is 17.9. The number of methoxy groups -OCH3 is 3. The average Bonchev–Trinajstić information content (AvgIpc) is 2.58. The molecule has 24 heavy (non-hydrogen) atoms. The molecule has 1 aliphatic rings. The van der Waals surface area contributed by atoms with Crippen LogP contribution in [0.15, 0.2) is 17.7 Å². The predicted octanol–water partition coefficient (Wildman–Crippen LogP) is 1.36. The smallest absolute Gasteiger partial charge is 0.265 e. The number of nitrogens with zero attached hydrogens (tertiary/aromatic N) is 1. The molecule has 8 heteroatoms. The lowest BCUT2D eigenvalue weighted by atomic mass is 10.1. The molecular formula is C16H18N2O5S. The Hall–Kier alpha value is -2.61. The molecule has 128 valence electrons. The molecule has 0 unspecified atom stereocenters. The van der Waals surface area contributed by atoms with Crippen LogP contribution in [0, 0.1) is 0 Å². The number of nitrogens with one attached hydrogen (secondary N) is 1. The van der Waals surface area contributed by atoms with Crippen molar-refractivity contribution in [1.29, 1.82) is 0 Å². The molecule has 7 nitrogen and oxygen atoms in total. The van der Waals surface area contributed by atoms with Crippen LogP contribution in [0.3, 0.4) is 0 Å². The largest absolute Gasteiger partial charge is 0.496 e. The van der Waals surface area contributed by atoms with Gasteiger partial charge in [-0.2, -0.15) is 0 Å². The number of ether oxygens (including phenoxy) is 3. The summed E-state index contributed by atoms with van der Waals surface area (Å²) in [6.07, 6.45) is 1.43. The van der Waals surface area contributed by atoms with E-state index in [1.165, 1.54) is 32.3 Å². The van der Waals surface area contributed by atoms with E-state index in [4.69, 9.17) is 26.4 Å². The summed E-state index contributed by atoms with van der Waals surface area (Å²) < 4.78 is 15.8. The summed E-state index contributed by atoms with van der Waals surface area (Å²) in [7, 11) is 4.48. The first-order valence-electron chi connectivity index (χ1n) is 7.15. The molecule has 2 amide bonds. The third kappa shape index (κ3) is 3.18. The van der Waals surface area contributed by atoms with Crippen LogP contribution < -0.4 is 19.5 Å². The van der Waals surface area contributed by atoms with Crippen molar-refractivity contribution in [3.8, 4) is 17.2 Å². The highest BCUT2D eigenvalue weighted by atomic mass is 32.1. The Morgan fingerprint density at radius 2 is 1.71 bits per heavy atom. The van der Waals surface area contributed by atoms with Gasteiger partial charge in [-0.3, -0.25) is 19.8 Å². The van der Waals surface area contributed by atoms with Gasteiger partial charge in [-0.1, -0.05) is 0 Å². The van der Waals surface area contributed by atoms with Gasteiger partial charge < -0.3 is 14.2 Å². The number of hydrogen-bond donors (Lipinski definition) is 1. The third-order valence-corrected chi connectivity index (χ3v) is 3.87. The van der Waals surface area contributed by atoms with Gasteiger partial charge in [-0.15, -0.1) is 0 Å². The lowest BCUT2D eigenvalue weighted by Crippen LogP contribution is -2.53. The summed E-state index contributed by atoms with van der Waals surface area (Å²) in [6, 6.07) is 3.28. The molecule has 1 fully saturated rings. The van der Waals surface area contributed by atoms with Crippen molar-refractivity contribution in [2.45, 2.75) is 6.92 Å². The van der Waals surface area contributed by atoms with E-state index in [2.05, 4.69) is 5.32 Å². The minimum atomic E-state index is -0.561. The van der Waals surface area contributed by atoms with Crippen molar-refractivity contribution in [2.24, 2.45) is 0 Å². The molecule has 0 aromatic heterocycles. The summed E-state index contributed by atoms with van der Waals surface area (Å²) in [6.45, 7) is 2.13. The molecule has 0 bridgehead atoms. The number of carbonyl (C=O) groups is 2. The monoisotopic (exact) mass is 350 g/mol. The summed E-state index contributed by atoms with van der Waals surface area (Å²) in [5, 5.41) is 2.60. The molecule has 1 N–H and O–H groups in total. The highest BCUT2D eigenvalue weighted by Crippen LogP contribution is 2.36. The normalized spacial score (nSPS) is 16.2. The second-order valence-corrected chi connectivity index (χ2v) is 5.20. The maximum atomic E-state index is 12.5. The van der Waals surface area contributed by atoms with Gasteiger partial charge in [0, 0.05) is 18.7 Å². The summed E-state index contributed by atoms with van der Waals surface area (Å²) >= 11 is 5.01. The molecule has 1 saturated heterocycles.